The normalized spacial score (nSPS) is 22.2. The average Bonchev–Trinajstić information content (AvgIpc) is 2.99. The molecule has 2 rings (SSSR count). The molecule has 1 aromatic rings. The van der Waals surface area contributed by atoms with E-state index in [0.29, 0.717) is 6.04 Å². The zero-order chi connectivity index (χ0) is 16.9. The summed E-state index contributed by atoms with van der Waals surface area (Å²) in [5.41, 5.74) is 1.02. The molecule has 0 heterocycles. The Bertz CT molecular complexity index is 528. The summed E-state index contributed by atoms with van der Waals surface area (Å²) in [4.78, 5) is 4.34. The van der Waals surface area contributed by atoms with Gasteiger partial charge in [0, 0.05) is 30.3 Å². The standard InChI is InChI=1S/C18H28FN3S/c1-18(2,13-5-7-14(19)8-6-13)12-21-17(20-3)22-15-9-10-16(11-15)23-4/h5-8,15-16H,9-12H2,1-4H3,(H2,20,21,22). The second kappa shape index (κ2) is 8.04. The Hall–Kier alpha value is -1.23. The van der Waals surface area contributed by atoms with E-state index in [-0.39, 0.29) is 11.2 Å². The highest BCUT2D eigenvalue weighted by atomic mass is 32.2. The minimum atomic E-state index is -0.195. The van der Waals surface area contributed by atoms with Gasteiger partial charge in [0.15, 0.2) is 5.96 Å². The quantitative estimate of drug-likeness (QED) is 0.637. The van der Waals surface area contributed by atoms with Gasteiger partial charge in [-0.15, -0.1) is 0 Å². The third-order valence-corrected chi connectivity index (χ3v) is 5.70. The summed E-state index contributed by atoms with van der Waals surface area (Å²) in [6, 6.07) is 7.25. The summed E-state index contributed by atoms with van der Waals surface area (Å²) in [6.07, 6.45) is 5.86. The van der Waals surface area contributed by atoms with Gasteiger partial charge in [0.05, 0.1) is 0 Å². The lowest BCUT2D eigenvalue weighted by atomic mass is 9.84. The van der Waals surface area contributed by atoms with Crippen LogP contribution in [0.1, 0.15) is 38.7 Å². The number of hydrogen-bond donors (Lipinski definition) is 2. The van der Waals surface area contributed by atoms with Crippen LogP contribution in [-0.2, 0) is 5.41 Å². The molecule has 0 saturated heterocycles. The van der Waals surface area contributed by atoms with Gasteiger partial charge in [-0.25, -0.2) is 4.39 Å². The van der Waals surface area contributed by atoms with Gasteiger partial charge < -0.3 is 10.6 Å². The fourth-order valence-corrected chi connectivity index (χ4v) is 3.78. The highest BCUT2D eigenvalue weighted by Gasteiger charge is 2.25. The highest BCUT2D eigenvalue weighted by molar-refractivity contribution is 7.99. The Morgan fingerprint density at radius 1 is 1.30 bits per heavy atom. The van der Waals surface area contributed by atoms with E-state index in [0.717, 1.165) is 23.3 Å². The zero-order valence-electron chi connectivity index (χ0n) is 14.5. The molecule has 23 heavy (non-hydrogen) atoms. The third kappa shape index (κ3) is 5.13. The number of nitrogens with zero attached hydrogens (tertiary/aromatic N) is 1. The van der Waals surface area contributed by atoms with Gasteiger partial charge in [-0.05, 0) is 43.2 Å². The maximum atomic E-state index is 13.1. The van der Waals surface area contributed by atoms with Crippen molar-refractivity contribution in [3.05, 3.63) is 35.6 Å². The molecule has 2 atom stereocenters. The van der Waals surface area contributed by atoms with Crippen LogP contribution in [0.3, 0.4) is 0 Å². The van der Waals surface area contributed by atoms with Crippen molar-refractivity contribution in [1.29, 1.82) is 0 Å². The van der Waals surface area contributed by atoms with Crippen molar-refractivity contribution in [3.63, 3.8) is 0 Å². The lowest BCUT2D eigenvalue weighted by molar-refractivity contribution is 0.501. The van der Waals surface area contributed by atoms with Gasteiger partial charge in [0.2, 0.25) is 0 Å². The Morgan fingerprint density at radius 2 is 2.00 bits per heavy atom. The summed E-state index contributed by atoms with van der Waals surface area (Å²) < 4.78 is 13.1. The van der Waals surface area contributed by atoms with Gasteiger partial charge in [-0.2, -0.15) is 11.8 Å². The molecular weight excluding hydrogens is 309 g/mol. The zero-order valence-corrected chi connectivity index (χ0v) is 15.3. The number of thioether (sulfide) groups is 1. The van der Waals surface area contributed by atoms with Crippen LogP contribution in [0, 0.1) is 5.82 Å². The van der Waals surface area contributed by atoms with E-state index in [1.54, 1.807) is 7.05 Å². The van der Waals surface area contributed by atoms with E-state index < -0.39 is 0 Å². The Labute approximate surface area is 143 Å². The minimum absolute atomic E-state index is 0.0944. The maximum Gasteiger partial charge on any atom is 0.191 e. The predicted octanol–water partition coefficient (Wildman–Crippen LogP) is 3.55. The number of nitrogens with one attached hydrogen (secondary N) is 2. The van der Waals surface area contributed by atoms with Crippen LogP contribution in [0.5, 0.6) is 0 Å². The van der Waals surface area contributed by atoms with Crippen LogP contribution >= 0.6 is 11.8 Å². The van der Waals surface area contributed by atoms with Crippen LogP contribution in [0.15, 0.2) is 29.3 Å². The van der Waals surface area contributed by atoms with Crippen molar-refractivity contribution in [1.82, 2.24) is 10.6 Å². The van der Waals surface area contributed by atoms with Crippen molar-refractivity contribution < 1.29 is 4.39 Å². The lowest BCUT2D eigenvalue weighted by Gasteiger charge is -2.27. The number of benzene rings is 1. The van der Waals surface area contributed by atoms with E-state index in [1.165, 1.54) is 31.4 Å². The molecular formula is C18H28FN3S. The third-order valence-electron chi connectivity index (χ3n) is 4.61. The maximum absolute atomic E-state index is 13.1. The molecule has 0 amide bonds. The molecule has 1 aliphatic rings. The van der Waals surface area contributed by atoms with Crippen LogP contribution in [0.2, 0.25) is 0 Å². The number of rotatable bonds is 5. The smallest absolute Gasteiger partial charge is 0.191 e. The first-order valence-electron chi connectivity index (χ1n) is 8.20. The topological polar surface area (TPSA) is 36.4 Å². The SMILES string of the molecule is CN=C(NCC(C)(C)c1ccc(F)cc1)NC1CCC(SC)C1. The molecule has 1 fully saturated rings. The predicted molar refractivity (Wildman–Crippen MR) is 98.9 cm³/mol. The second-order valence-corrected chi connectivity index (χ2v) is 7.97. The van der Waals surface area contributed by atoms with E-state index in [2.05, 4.69) is 35.7 Å². The molecule has 128 valence electrons. The van der Waals surface area contributed by atoms with Crippen molar-refractivity contribution in [2.24, 2.45) is 4.99 Å². The van der Waals surface area contributed by atoms with Crippen molar-refractivity contribution in [3.8, 4) is 0 Å². The molecule has 1 aliphatic carbocycles. The average molecular weight is 338 g/mol. The van der Waals surface area contributed by atoms with E-state index >= 15 is 0 Å². The monoisotopic (exact) mass is 337 g/mol. The van der Waals surface area contributed by atoms with Crippen LogP contribution in [0.4, 0.5) is 4.39 Å². The largest absolute Gasteiger partial charge is 0.356 e. The first-order valence-corrected chi connectivity index (χ1v) is 9.49. The molecule has 1 aromatic carbocycles. The fraction of sp³-hybridized carbons (Fsp3) is 0.611. The summed E-state index contributed by atoms with van der Waals surface area (Å²) >= 11 is 1.96. The molecule has 0 bridgehead atoms. The van der Waals surface area contributed by atoms with Gasteiger partial charge >= 0.3 is 0 Å². The summed E-state index contributed by atoms with van der Waals surface area (Å²) in [5, 5.41) is 7.71. The van der Waals surface area contributed by atoms with E-state index in [1.807, 2.05) is 23.9 Å². The van der Waals surface area contributed by atoms with Gasteiger partial charge in [0.1, 0.15) is 5.82 Å². The number of guanidine groups is 1. The van der Waals surface area contributed by atoms with Gasteiger partial charge in [-0.1, -0.05) is 26.0 Å². The molecule has 5 heteroatoms. The first-order chi connectivity index (χ1) is 10.9. The minimum Gasteiger partial charge on any atom is -0.356 e. The molecule has 0 aliphatic heterocycles. The first kappa shape index (κ1) is 18.1. The van der Waals surface area contributed by atoms with E-state index in [4.69, 9.17) is 0 Å². The Kier molecular flexibility index (Phi) is 6.33. The number of halogens is 1. The highest BCUT2D eigenvalue weighted by Crippen LogP contribution is 2.28. The van der Waals surface area contributed by atoms with Crippen LogP contribution < -0.4 is 10.6 Å². The van der Waals surface area contributed by atoms with Crippen LogP contribution in [-0.4, -0.2) is 37.1 Å². The number of hydrogen-bond acceptors (Lipinski definition) is 2. The van der Waals surface area contributed by atoms with Crippen molar-refractivity contribution in [2.45, 2.75) is 49.8 Å². The fourth-order valence-electron chi connectivity index (χ4n) is 2.98. The number of aliphatic imine (C=N–C) groups is 1. The molecule has 1 saturated carbocycles. The summed E-state index contributed by atoms with van der Waals surface area (Å²) in [5.74, 6) is 0.659. The summed E-state index contributed by atoms with van der Waals surface area (Å²) in [6.45, 7) is 5.05. The molecule has 0 spiro atoms. The summed E-state index contributed by atoms with van der Waals surface area (Å²) in [7, 11) is 1.81. The molecule has 2 N–H and O–H groups in total. The lowest BCUT2D eigenvalue weighted by Crippen LogP contribution is -2.46. The Balaban J connectivity index is 1.88. The van der Waals surface area contributed by atoms with E-state index in [9.17, 15) is 4.39 Å². The van der Waals surface area contributed by atoms with Crippen LogP contribution in [0.25, 0.3) is 0 Å². The molecule has 0 aromatic heterocycles. The van der Waals surface area contributed by atoms with Crippen molar-refractivity contribution in [2.75, 3.05) is 19.8 Å². The molecule has 3 nitrogen and oxygen atoms in total. The van der Waals surface area contributed by atoms with Crippen molar-refractivity contribution >= 4 is 17.7 Å². The van der Waals surface area contributed by atoms with Gasteiger partial charge in [0.25, 0.3) is 0 Å². The Morgan fingerprint density at radius 3 is 2.57 bits per heavy atom. The molecule has 2 unspecified atom stereocenters. The second-order valence-electron chi connectivity index (χ2n) is 6.83. The molecule has 0 radical (unpaired) electrons. The van der Waals surface area contributed by atoms with Gasteiger partial charge in [-0.3, -0.25) is 4.99 Å².